The van der Waals surface area contributed by atoms with Crippen molar-refractivity contribution in [2.75, 3.05) is 12.0 Å². The Hall–Kier alpha value is -2.84. The van der Waals surface area contributed by atoms with E-state index in [1.165, 1.54) is 35.9 Å². The van der Waals surface area contributed by atoms with Gasteiger partial charge in [-0.2, -0.15) is 5.10 Å². The van der Waals surface area contributed by atoms with Gasteiger partial charge in [-0.15, -0.1) is 9.89 Å². The smallest absolute Gasteiger partial charge is 0.250 e. The van der Waals surface area contributed by atoms with Gasteiger partial charge in [-0.05, 0) is 36.2 Å². The largest absolute Gasteiger partial charge is 0.479 e. The third-order valence-corrected chi connectivity index (χ3v) is 5.68. The fourth-order valence-corrected chi connectivity index (χ4v) is 4.27. The van der Waals surface area contributed by atoms with Gasteiger partial charge in [0.1, 0.15) is 5.69 Å². The lowest BCUT2D eigenvalue weighted by Crippen LogP contribution is -2.32. The van der Waals surface area contributed by atoms with Crippen molar-refractivity contribution >= 4 is 39.9 Å². The van der Waals surface area contributed by atoms with E-state index >= 15 is 0 Å². The summed E-state index contributed by atoms with van der Waals surface area (Å²) < 4.78 is 19.2. The molecule has 0 atom stereocenters. The fourth-order valence-electron chi connectivity index (χ4n) is 2.95. The van der Waals surface area contributed by atoms with E-state index in [0.717, 1.165) is 11.1 Å². The first-order valence-electron chi connectivity index (χ1n) is 8.67. The average Bonchev–Trinajstić information content (AvgIpc) is 3.16. The molecule has 9 heteroatoms. The summed E-state index contributed by atoms with van der Waals surface area (Å²) in [4.78, 5) is 7.33. The minimum Gasteiger partial charge on any atom is -0.479 e. The molecule has 29 heavy (non-hydrogen) atoms. The zero-order valence-electron chi connectivity index (χ0n) is 15.8. The quantitative estimate of drug-likeness (QED) is 0.588. The zero-order valence-corrected chi connectivity index (χ0v) is 17.3. The predicted octanol–water partition coefficient (Wildman–Crippen LogP) is 4.93. The molecule has 4 rings (SSSR count). The number of aryl methyl sites for hydroxylation is 1. The molecule has 0 saturated heterocycles. The molecule has 0 saturated carbocycles. The minimum atomic E-state index is -0.560. The van der Waals surface area contributed by atoms with E-state index in [2.05, 4.69) is 21.8 Å². The van der Waals surface area contributed by atoms with E-state index in [-0.39, 0.29) is 5.88 Å². The van der Waals surface area contributed by atoms with E-state index in [4.69, 9.17) is 16.3 Å². The van der Waals surface area contributed by atoms with Crippen molar-refractivity contribution < 1.29 is 9.13 Å². The highest BCUT2D eigenvalue weighted by Crippen LogP contribution is 2.34. The van der Waals surface area contributed by atoms with E-state index in [1.54, 1.807) is 17.2 Å². The predicted molar refractivity (Wildman–Crippen MR) is 115 cm³/mol. The third kappa shape index (κ3) is 3.73. The average molecular weight is 430 g/mol. The molecule has 0 radical (unpaired) electrons. The Balaban J connectivity index is 1.70. The fraction of sp³-hybridized carbons (Fsp3) is 0.150. The van der Waals surface area contributed by atoms with Crippen molar-refractivity contribution in [3.8, 4) is 5.88 Å². The van der Waals surface area contributed by atoms with Gasteiger partial charge < -0.3 is 4.74 Å². The van der Waals surface area contributed by atoms with Crippen LogP contribution in [0.5, 0.6) is 5.88 Å². The molecule has 0 spiro atoms. The number of fused-ring (bicyclic) bond motifs is 1. The van der Waals surface area contributed by atoms with Crippen molar-refractivity contribution in [3.05, 3.63) is 77.0 Å². The van der Waals surface area contributed by atoms with Crippen LogP contribution in [0.2, 0.25) is 5.02 Å². The SMILES string of the molecule is C=C1c2ccnn2N=C(SCc2ccc(Cl)cc2C)N1c1cnc(OC)c(F)c1. The lowest BCUT2D eigenvalue weighted by atomic mass is 10.1. The van der Waals surface area contributed by atoms with Gasteiger partial charge >= 0.3 is 0 Å². The van der Waals surface area contributed by atoms with Crippen molar-refractivity contribution in [2.45, 2.75) is 12.7 Å². The monoisotopic (exact) mass is 429 g/mol. The summed E-state index contributed by atoms with van der Waals surface area (Å²) in [6.07, 6.45) is 3.18. The molecule has 0 fully saturated rings. The molecular weight excluding hydrogens is 413 g/mol. The summed E-state index contributed by atoms with van der Waals surface area (Å²) in [5, 5.41) is 10.1. The lowest BCUT2D eigenvalue weighted by Gasteiger charge is -2.30. The first-order chi connectivity index (χ1) is 14.0. The van der Waals surface area contributed by atoms with Gasteiger partial charge in [0.2, 0.25) is 5.88 Å². The maximum Gasteiger partial charge on any atom is 0.250 e. The molecule has 0 bridgehead atoms. The Morgan fingerprint density at radius 2 is 2.10 bits per heavy atom. The molecule has 148 valence electrons. The van der Waals surface area contributed by atoms with Crippen molar-refractivity contribution in [2.24, 2.45) is 5.10 Å². The number of hydrogen-bond acceptors (Lipinski definition) is 6. The highest BCUT2D eigenvalue weighted by molar-refractivity contribution is 8.13. The Bertz CT molecular complexity index is 1130. The van der Waals surface area contributed by atoms with Gasteiger partial charge in [0.15, 0.2) is 11.0 Å². The first-order valence-corrected chi connectivity index (χ1v) is 10.0. The molecule has 0 unspecified atom stereocenters. The number of rotatable bonds is 4. The molecule has 3 aromatic rings. The number of anilines is 1. The van der Waals surface area contributed by atoms with Gasteiger partial charge in [0.25, 0.3) is 0 Å². The maximum absolute atomic E-state index is 14.3. The number of methoxy groups -OCH3 is 1. The van der Waals surface area contributed by atoms with Crippen molar-refractivity contribution in [3.63, 3.8) is 0 Å². The Labute approximate surface area is 176 Å². The molecule has 0 N–H and O–H groups in total. The minimum absolute atomic E-state index is 0.0654. The summed E-state index contributed by atoms with van der Waals surface area (Å²) in [6.45, 7) is 6.17. The Morgan fingerprint density at radius 3 is 2.83 bits per heavy atom. The molecule has 2 aromatic heterocycles. The van der Waals surface area contributed by atoms with Crippen LogP contribution in [0.1, 0.15) is 16.8 Å². The topological polar surface area (TPSA) is 55.5 Å². The van der Waals surface area contributed by atoms with Gasteiger partial charge in [-0.25, -0.2) is 9.37 Å². The number of nitrogens with zero attached hydrogens (tertiary/aromatic N) is 5. The van der Waals surface area contributed by atoms with Gasteiger partial charge in [0.05, 0.1) is 30.9 Å². The Morgan fingerprint density at radius 1 is 1.28 bits per heavy atom. The van der Waals surface area contributed by atoms with Crippen LogP contribution in [0.15, 0.2) is 54.4 Å². The molecule has 0 aliphatic carbocycles. The van der Waals surface area contributed by atoms with Crippen LogP contribution in [0.4, 0.5) is 10.1 Å². The van der Waals surface area contributed by atoms with Crippen LogP contribution in [0.25, 0.3) is 5.70 Å². The standard InChI is InChI=1S/C20H17ClFN5OS/c1-12-8-15(21)5-4-14(12)11-29-20-25-27-18(6-7-24-27)13(2)26(20)16-9-17(22)19(28-3)23-10-16/h4-10H,2,11H2,1,3H3. The van der Waals surface area contributed by atoms with Gasteiger partial charge in [-0.1, -0.05) is 36.0 Å². The first kappa shape index (κ1) is 19.5. The number of thioether (sulfide) groups is 1. The summed E-state index contributed by atoms with van der Waals surface area (Å²) >= 11 is 7.55. The van der Waals surface area contributed by atoms with Crippen LogP contribution in [-0.4, -0.2) is 27.2 Å². The molecule has 3 heterocycles. The van der Waals surface area contributed by atoms with Crippen LogP contribution in [0.3, 0.4) is 0 Å². The number of pyridine rings is 1. The van der Waals surface area contributed by atoms with Gasteiger partial charge in [-0.3, -0.25) is 4.90 Å². The van der Waals surface area contributed by atoms with Crippen LogP contribution in [0, 0.1) is 12.7 Å². The normalized spacial score (nSPS) is 13.3. The summed E-state index contributed by atoms with van der Waals surface area (Å²) in [6, 6.07) is 8.92. The number of amidine groups is 1. The molecule has 1 aliphatic rings. The number of hydrogen-bond donors (Lipinski definition) is 0. The molecule has 6 nitrogen and oxygen atoms in total. The van der Waals surface area contributed by atoms with E-state index in [1.807, 2.05) is 25.1 Å². The van der Waals surface area contributed by atoms with Gasteiger partial charge in [0, 0.05) is 16.8 Å². The second-order valence-corrected chi connectivity index (χ2v) is 7.69. The molecular formula is C20H17ClFN5OS. The summed E-state index contributed by atoms with van der Waals surface area (Å²) in [7, 11) is 1.38. The second-order valence-electron chi connectivity index (χ2n) is 6.31. The zero-order chi connectivity index (χ0) is 20.5. The molecule has 1 aromatic carbocycles. The maximum atomic E-state index is 14.3. The van der Waals surface area contributed by atoms with E-state index in [9.17, 15) is 4.39 Å². The van der Waals surface area contributed by atoms with Crippen LogP contribution in [-0.2, 0) is 5.75 Å². The van der Waals surface area contributed by atoms with Crippen molar-refractivity contribution in [1.29, 1.82) is 0 Å². The Kier molecular flexibility index (Phi) is 5.29. The number of halogens is 2. The number of aromatic nitrogens is 3. The third-order valence-electron chi connectivity index (χ3n) is 4.47. The number of ether oxygens (including phenoxy) is 1. The number of benzene rings is 1. The molecule has 1 aliphatic heterocycles. The summed E-state index contributed by atoms with van der Waals surface area (Å²) in [5.41, 5.74) is 4.05. The van der Waals surface area contributed by atoms with E-state index in [0.29, 0.717) is 33.0 Å². The van der Waals surface area contributed by atoms with Crippen LogP contribution >= 0.6 is 23.4 Å². The molecule has 0 amide bonds. The highest BCUT2D eigenvalue weighted by Gasteiger charge is 2.27. The highest BCUT2D eigenvalue weighted by atomic mass is 35.5. The second kappa shape index (κ2) is 7.88. The van der Waals surface area contributed by atoms with E-state index < -0.39 is 5.82 Å². The summed E-state index contributed by atoms with van der Waals surface area (Å²) in [5.74, 6) is 0.0213. The lowest BCUT2D eigenvalue weighted by molar-refractivity contribution is 0.369. The van der Waals surface area contributed by atoms with Crippen molar-refractivity contribution in [1.82, 2.24) is 14.9 Å². The van der Waals surface area contributed by atoms with Crippen LogP contribution < -0.4 is 9.64 Å².